The maximum absolute atomic E-state index is 12.5. The first-order valence-electron chi connectivity index (χ1n) is 10.8. The van der Waals surface area contributed by atoms with E-state index in [1.54, 1.807) is 6.20 Å². The number of rotatable bonds is 8. The zero-order valence-corrected chi connectivity index (χ0v) is 18.6. The van der Waals surface area contributed by atoms with E-state index in [-0.39, 0.29) is 23.5 Å². The molecule has 32 heavy (non-hydrogen) atoms. The minimum absolute atomic E-state index is 0.0771. The standard InChI is InChI=1S/C22H28N4O5S/c27-22(24-15-17-7-8-23-21(14-17)26-9-12-30-13-10-26)18-3-5-20(6-4-18)32(28,29)25-16-19-2-1-11-31-19/h3-8,14,19,25H,1-2,9-13,15-16H2,(H,24,27). The lowest BCUT2D eigenvalue weighted by Crippen LogP contribution is -2.36. The minimum Gasteiger partial charge on any atom is -0.378 e. The number of amides is 1. The van der Waals surface area contributed by atoms with Crippen LogP contribution in [0.2, 0.25) is 0 Å². The second-order valence-electron chi connectivity index (χ2n) is 7.82. The number of aromatic nitrogens is 1. The van der Waals surface area contributed by atoms with Crippen molar-refractivity contribution in [2.75, 3.05) is 44.4 Å². The molecular formula is C22H28N4O5S. The Hall–Kier alpha value is -2.53. The monoisotopic (exact) mass is 460 g/mol. The summed E-state index contributed by atoms with van der Waals surface area (Å²) < 4.78 is 38.3. The molecule has 0 saturated carbocycles. The van der Waals surface area contributed by atoms with Crippen LogP contribution in [-0.4, -0.2) is 64.9 Å². The summed E-state index contributed by atoms with van der Waals surface area (Å²) in [5, 5.41) is 2.87. The molecule has 0 aliphatic carbocycles. The van der Waals surface area contributed by atoms with Crippen LogP contribution in [0.4, 0.5) is 5.82 Å². The van der Waals surface area contributed by atoms with Crippen LogP contribution in [0.3, 0.4) is 0 Å². The number of nitrogens with one attached hydrogen (secondary N) is 2. The second-order valence-corrected chi connectivity index (χ2v) is 9.58. The number of pyridine rings is 1. The Morgan fingerprint density at radius 1 is 1.12 bits per heavy atom. The molecule has 0 radical (unpaired) electrons. The zero-order valence-electron chi connectivity index (χ0n) is 17.8. The lowest BCUT2D eigenvalue weighted by Gasteiger charge is -2.28. The average Bonchev–Trinajstić information content (AvgIpc) is 3.36. The third-order valence-electron chi connectivity index (χ3n) is 5.55. The van der Waals surface area contributed by atoms with Crippen molar-refractivity contribution in [2.24, 2.45) is 0 Å². The first-order valence-corrected chi connectivity index (χ1v) is 12.3. The van der Waals surface area contributed by atoms with E-state index in [1.165, 1.54) is 24.3 Å². The van der Waals surface area contributed by atoms with Crippen LogP contribution in [0.25, 0.3) is 0 Å². The summed E-state index contributed by atoms with van der Waals surface area (Å²) >= 11 is 0. The van der Waals surface area contributed by atoms with Crippen molar-refractivity contribution in [3.05, 3.63) is 53.7 Å². The largest absolute Gasteiger partial charge is 0.378 e. The van der Waals surface area contributed by atoms with Crippen LogP contribution < -0.4 is 14.9 Å². The zero-order chi connectivity index (χ0) is 22.4. The highest BCUT2D eigenvalue weighted by molar-refractivity contribution is 7.89. The van der Waals surface area contributed by atoms with Crippen LogP contribution in [0, 0.1) is 0 Å². The van der Waals surface area contributed by atoms with Crippen molar-refractivity contribution in [3.63, 3.8) is 0 Å². The summed E-state index contributed by atoms with van der Waals surface area (Å²) in [5.74, 6) is 0.594. The molecule has 1 aromatic heterocycles. The molecule has 2 aromatic rings. The van der Waals surface area contributed by atoms with Gasteiger partial charge in [-0.1, -0.05) is 0 Å². The van der Waals surface area contributed by atoms with Crippen molar-refractivity contribution in [3.8, 4) is 0 Å². The number of hydrogen-bond acceptors (Lipinski definition) is 7. The van der Waals surface area contributed by atoms with Crippen LogP contribution in [0.5, 0.6) is 0 Å². The molecule has 1 unspecified atom stereocenters. The number of morpholine rings is 1. The maximum atomic E-state index is 12.5. The van der Waals surface area contributed by atoms with E-state index in [2.05, 4.69) is 19.9 Å². The van der Waals surface area contributed by atoms with E-state index in [1.807, 2.05) is 12.1 Å². The Labute approximate surface area is 188 Å². The number of hydrogen-bond donors (Lipinski definition) is 2. The van der Waals surface area contributed by atoms with E-state index in [0.717, 1.165) is 37.3 Å². The summed E-state index contributed by atoms with van der Waals surface area (Å²) in [5.41, 5.74) is 1.33. The fourth-order valence-electron chi connectivity index (χ4n) is 3.70. The topological polar surface area (TPSA) is 110 Å². The fraction of sp³-hybridized carbons (Fsp3) is 0.455. The second kappa shape index (κ2) is 10.4. The Morgan fingerprint density at radius 2 is 1.91 bits per heavy atom. The van der Waals surface area contributed by atoms with Gasteiger partial charge < -0.3 is 19.7 Å². The molecule has 1 amide bonds. The van der Waals surface area contributed by atoms with Crippen molar-refractivity contribution in [2.45, 2.75) is 30.4 Å². The number of ether oxygens (including phenoxy) is 2. The Morgan fingerprint density at radius 3 is 2.62 bits per heavy atom. The van der Waals surface area contributed by atoms with Gasteiger partial charge in [0.05, 0.1) is 24.2 Å². The molecular weight excluding hydrogens is 432 g/mol. The third-order valence-corrected chi connectivity index (χ3v) is 6.99. The highest BCUT2D eigenvalue weighted by Crippen LogP contribution is 2.16. The number of nitrogens with zero attached hydrogens (tertiary/aromatic N) is 2. The Bertz CT molecular complexity index is 1020. The van der Waals surface area contributed by atoms with Crippen molar-refractivity contribution >= 4 is 21.7 Å². The average molecular weight is 461 g/mol. The summed E-state index contributed by atoms with van der Waals surface area (Å²) in [4.78, 5) is 19.2. The van der Waals surface area contributed by atoms with Crippen LogP contribution in [-0.2, 0) is 26.0 Å². The van der Waals surface area contributed by atoms with E-state index < -0.39 is 10.0 Å². The highest BCUT2D eigenvalue weighted by Gasteiger charge is 2.20. The molecule has 0 bridgehead atoms. The van der Waals surface area contributed by atoms with Crippen molar-refractivity contribution in [1.29, 1.82) is 0 Å². The third kappa shape index (κ3) is 5.83. The summed E-state index contributed by atoms with van der Waals surface area (Å²) in [6.07, 6.45) is 3.46. The Balaban J connectivity index is 1.32. The predicted octanol–water partition coefficient (Wildman–Crippen LogP) is 1.31. The summed E-state index contributed by atoms with van der Waals surface area (Å²) in [6.45, 7) is 4.21. The van der Waals surface area contributed by atoms with Crippen LogP contribution in [0.1, 0.15) is 28.8 Å². The number of benzene rings is 1. The van der Waals surface area contributed by atoms with Gasteiger partial charge in [-0.25, -0.2) is 18.1 Å². The molecule has 3 heterocycles. The van der Waals surface area contributed by atoms with Crippen LogP contribution >= 0.6 is 0 Å². The van der Waals surface area contributed by atoms with Gasteiger partial charge in [0, 0.05) is 44.5 Å². The van der Waals surface area contributed by atoms with E-state index in [0.29, 0.717) is 31.9 Å². The van der Waals surface area contributed by atoms with E-state index in [4.69, 9.17) is 9.47 Å². The quantitative estimate of drug-likeness (QED) is 0.611. The molecule has 2 aliphatic rings. The molecule has 9 nitrogen and oxygen atoms in total. The molecule has 4 rings (SSSR count). The molecule has 1 atom stereocenters. The van der Waals surface area contributed by atoms with Gasteiger partial charge in [-0.05, 0) is 54.8 Å². The highest BCUT2D eigenvalue weighted by atomic mass is 32.2. The van der Waals surface area contributed by atoms with Gasteiger partial charge in [-0.15, -0.1) is 0 Å². The molecule has 172 valence electrons. The molecule has 2 fully saturated rings. The van der Waals surface area contributed by atoms with Crippen molar-refractivity contribution in [1.82, 2.24) is 15.0 Å². The Kier molecular flexibility index (Phi) is 7.36. The van der Waals surface area contributed by atoms with E-state index >= 15 is 0 Å². The molecule has 0 spiro atoms. The maximum Gasteiger partial charge on any atom is 0.251 e. The fourth-order valence-corrected chi connectivity index (χ4v) is 4.76. The van der Waals surface area contributed by atoms with Gasteiger partial charge in [-0.3, -0.25) is 4.79 Å². The lowest BCUT2D eigenvalue weighted by molar-refractivity contribution is 0.0950. The van der Waals surface area contributed by atoms with Gasteiger partial charge in [0.25, 0.3) is 5.91 Å². The van der Waals surface area contributed by atoms with Crippen molar-refractivity contribution < 1.29 is 22.7 Å². The van der Waals surface area contributed by atoms with Gasteiger partial charge in [0.1, 0.15) is 5.82 Å². The predicted molar refractivity (Wildman–Crippen MR) is 119 cm³/mol. The number of carbonyl (C=O) groups is 1. The first kappa shape index (κ1) is 22.7. The normalized spacial score (nSPS) is 19.1. The summed E-state index contributed by atoms with van der Waals surface area (Å²) in [7, 11) is -3.64. The minimum atomic E-state index is -3.64. The lowest BCUT2D eigenvalue weighted by atomic mass is 10.2. The summed E-state index contributed by atoms with van der Waals surface area (Å²) in [6, 6.07) is 9.73. The first-order chi connectivity index (χ1) is 15.5. The SMILES string of the molecule is O=C(NCc1ccnc(N2CCOCC2)c1)c1ccc(S(=O)(=O)NCC2CCCO2)cc1. The molecule has 1 aromatic carbocycles. The van der Waals surface area contributed by atoms with Gasteiger partial charge in [0.2, 0.25) is 10.0 Å². The van der Waals surface area contributed by atoms with Gasteiger partial charge in [0.15, 0.2) is 0 Å². The smallest absolute Gasteiger partial charge is 0.251 e. The molecule has 2 aliphatic heterocycles. The number of anilines is 1. The van der Waals surface area contributed by atoms with E-state index in [9.17, 15) is 13.2 Å². The molecule has 2 N–H and O–H groups in total. The number of carbonyl (C=O) groups excluding carboxylic acids is 1. The molecule has 2 saturated heterocycles. The van der Waals surface area contributed by atoms with Gasteiger partial charge in [-0.2, -0.15) is 0 Å². The van der Waals surface area contributed by atoms with Gasteiger partial charge >= 0.3 is 0 Å². The van der Waals surface area contributed by atoms with Crippen LogP contribution in [0.15, 0.2) is 47.5 Å². The number of sulfonamides is 1. The molecule has 10 heteroatoms.